The van der Waals surface area contributed by atoms with Crippen molar-refractivity contribution in [1.29, 1.82) is 0 Å². The summed E-state index contributed by atoms with van der Waals surface area (Å²) in [4.78, 5) is 4.48. The van der Waals surface area contributed by atoms with Crippen molar-refractivity contribution in [1.82, 2.24) is 0 Å². The number of nitrogens with zero attached hydrogens (tertiary/aromatic N) is 1. The smallest absolute Gasteiger partial charge is 0.159 e. The van der Waals surface area contributed by atoms with Crippen molar-refractivity contribution in [2.75, 3.05) is 0 Å². The molecule has 2 rings (SSSR count). The van der Waals surface area contributed by atoms with Crippen molar-refractivity contribution in [2.45, 2.75) is 19.6 Å². The van der Waals surface area contributed by atoms with Gasteiger partial charge in [-0.3, -0.25) is 0 Å². The van der Waals surface area contributed by atoms with Gasteiger partial charge in [0.25, 0.3) is 0 Å². The van der Waals surface area contributed by atoms with Gasteiger partial charge in [-0.1, -0.05) is 47.6 Å². The molecule has 104 valence electrons. The zero-order valence-corrected chi connectivity index (χ0v) is 13.1. The molecule has 0 fully saturated rings. The number of benzene rings is 2. The molecule has 0 unspecified atom stereocenters. The van der Waals surface area contributed by atoms with Crippen molar-refractivity contribution in [3.05, 3.63) is 64.2 Å². The maximum absolute atomic E-state index is 5.99. The predicted molar refractivity (Wildman–Crippen MR) is 89.9 cm³/mol. The van der Waals surface area contributed by atoms with Gasteiger partial charge in [0.1, 0.15) is 0 Å². The number of aryl methyl sites for hydroxylation is 2. The van der Waals surface area contributed by atoms with Crippen LogP contribution in [0.5, 0.6) is 0 Å². The molecule has 0 atom stereocenters. The summed E-state index contributed by atoms with van der Waals surface area (Å²) in [6.45, 7) is 4.09. The molecule has 0 aliphatic heterocycles. The Morgan fingerprint density at radius 3 is 2.55 bits per heavy atom. The maximum atomic E-state index is 5.99. The van der Waals surface area contributed by atoms with E-state index >= 15 is 0 Å². The largest absolute Gasteiger partial charge is 0.378 e. The minimum Gasteiger partial charge on any atom is -0.378 e. The lowest BCUT2D eigenvalue weighted by Gasteiger charge is -2.05. The van der Waals surface area contributed by atoms with Gasteiger partial charge >= 0.3 is 0 Å². The molecule has 0 amide bonds. The first-order valence-electron chi connectivity index (χ1n) is 6.33. The number of hydrogen-bond acceptors (Lipinski definition) is 2. The highest BCUT2D eigenvalue weighted by molar-refractivity contribution is 8.13. The van der Waals surface area contributed by atoms with E-state index < -0.39 is 0 Å². The molecule has 0 saturated carbocycles. The summed E-state index contributed by atoms with van der Waals surface area (Å²) in [6.07, 6.45) is 0. The Bertz CT molecular complexity index is 621. The number of rotatable bonds is 3. The monoisotopic (exact) mass is 304 g/mol. The van der Waals surface area contributed by atoms with E-state index in [9.17, 15) is 0 Å². The van der Waals surface area contributed by atoms with Gasteiger partial charge in [0.15, 0.2) is 5.17 Å². The molecular formula is C16H17ClN2S. The van der Waals surface area contributed by atoms with E-state index in [1.165, 1.54) is 22.9 Å². The van der Waals surface area contributed by atoms with E-state index in [1.807, 2.05) is 37.3 Å². The summed E-state index contributed by atoms with van der Waals surface area (Å²) < 4.78 is 0. The first-order chi connectivity index (χ1) is 9.54. The van der Waals surface area contributed by atoms with Crippen LogP contribution >= 0.6 is 23.4 Å². The number of amidine groups is 1. The quantitative estimate of drug-likeness (QED) is 0.651. The Kier molecular flexibility index (Phi) is 5.10. The Hall–Kier alpha value is -1.45. The minimum atomic E-state index is 0.577. The van der Waals surface area contributed by atoms with Gasteiger partial charge < -0.3 is 5.73 Å². The first-order valence-corrected chi connectivity index (χ1v) is 7.69. The number of aliphatic imine (C=N–C) groups is 1. The standard InChI is InChI=1S/C16H17ClN2S/c1-11-3-4-12(2)15(9-11)19-16(18)20-10-13-5-7-14(17)8-6-13/h3-9H,10H2,1-2H3,(H2,18,19). The molecular weight excluding hydrogens is 288 g/mol. The molecule has 0 radical (unpaired) electrons. The van der Waals surface area contributed by atoms with E-state index in [-0.39, 0.29) is 0 Å². The van der Waals surface area contributed by atoms with E-state index in [0.29, 0.717) is 5.17 Å². The summed E-state index contributed by atoms with van der Waals surface area (Å²) in [7, 11) is 0. The van der Waals surface area contributed by atoms with Crippen LogP contribution in [0.3, 0.4) is 0 Å². The Morgan fingerprint density at radius 2 is 1.85 bits per heavy atom. The number of nitrogens with two attached hydrogens (primary N) is 1. The topological polar surface area (TPSA) is 38.4 Å². The second kappa shape index (κ2) is 6.82. The lowest BCUT2D eigenvalue weighted by atomic mass is 10.1. The summed E-state index contributed by atoms with van der Waals surface area (Å²) in [5.74, 6) is 0.789. The van der Waals surface area contributed by atoms with E-state index in [1.54, 1.807) is 0 Å². The highest BCUT2D eigenvalue weighted by Gasteiger charge is 2.01. The van der Waals surface area contributed by atoms with Crippen molar-refractivity contribution in [3.63, 3.8) is 0 Å². The molecule has 0 heterocycles. The maximum Gasteiger partial charge on any atom is 0.159 e. The normalized spacial score (nSPS) is 11.7. The molecule has 20 heavy (non-hydrogen) atoms. The fourth-order valence-corrected chi connectivity index (χ4v) is 2.52. The Balaban J connectivity index is 2.04. The fraction of sp³-hybridized carbons (Fsp3) is 0.188. The summed E-state index contributed by atoms with van der Waals surface area (Å²) in [5, 5.41) is 1.32. The molecule has 2 N–H and O–H groups in total. The van der Waals surface area contributed by atoms with Crippen LogP contribution in [-0.4, -0.2) is 5.17 Å². The summed E-state index contributed by atoms with van der Waals surface area (Å²) >= 11 is 7.39. The molecule has 0 spiro atoms. The van der Waals surface area contributed by atoms with E-state index in [2.05, 4.69) is 24.0 Å². The molecule has 4 heteroatoms. The van der Waals surface area contributed by atoms with Crippen LogP contribution in [0.15, 0.2) is 47.5 Å². The number of halogens is 1. The molecule has 2 aromatic rings. The summed E-state index contributed by atoms with van der Waals surface area (Å²) in [5.41, 5.74) is 10.4. The molecule has 0 aromatic heterocycles. The first kappa shape index (κ1) is 14.9. The van der Waals surface area contributed by atoms with Gasteiger partial charge in [-0.25, -0.2) is 4.99 Å². The van der Waals surface area contributed by atoms with Gasteiger partial charge in [0.2, 0.25) is 0 Å². The van der Waals surface area contributed by atoms with Gasteiger partial charge in [0, 0.05) is 10.8 Å². The summed E-state index contributed by atoms with van der Waals surface area (Å²) in [6, 6.07) is 14.0. The molecule has 0 bridgehead atoms. The lowest BCUT2D eigenvalue weighted by Crippen LogP contribution is -2.06. The van der Waals surface area contributed by atoms with Crippen LogP contribution in [0.4, 0.5) is 5.69 Å². The SMILES string of the molecule is Cc1ccc(C)c(N=C(N)SCc2ccc(Cl)cc2)c1. The van der Waals surface area contributed by atoms with Crippen molar-refractivity contribution in [3.8, 4) is 0 Å². The molecule has 0 aliphatic carbocycles. The zero-order chi connectivity index (χ0) is 14.5. The second-order valence-electron chi connectivity index (χ2n) is 4.66. The molecule has 2 nitrogen and oxygen atoms in total. The van der Waals surface area contributed by atoms with Gasteiger partial charge in [-0.15, -0.1) is 0 Å². The highest BCUT2D eigenvalue weighted by atomic mass is 35.5. The molecule has 2 aromatic carbocycles. The zero-order valence-electron chi connectivity index (χ0n) is 11.6. The van der Waals surface area contributed by atoms with E-state index in [4.69, 9.17) is 17.3 Å². The predicted octanol–water partition coefficient (Wildman–Crippen LogP) is 4.84. The average molecular weight is 305 g/mol. The lowest BCUT2D eigenvalue weighted by molar-refractivity contribution is 1.35. The highest BCUT2D eigenvalue weighted by Crippen LogP contribution is 2.22. The minimum absolute atomic E-state index is 0.577. The van der Waals surface area contributed by atoms with Crippen LogP contribution in [0.1, 0.15) is 16.7 Å². The Morgan fingerprint density at radius 1 is 1.15 bits per heavy atom. The van der Waals surface area contributed by atoms with Gasteiger partial charge in [-0.05, 0) is 48.7 Å². The van der Waals surface area contributed by atoms with E-state index in [0.717, 1.165) is 22.0 Å². The third-order valence-corrected chi connectivity index (χ3v) is 4.01. The van der Waals surface area contributed by atoms with Crippen LogP contribution in [0, 0.1) is 13.8 Å². The van der Waals surface area contributed by atoms with Crippen LogP contribution < -0.4 is 5.73 Å². The second-order valence-corrected chi connectivity index (χ2v) is 6.09. The van der Waals surface area contributed by atoms with Crippen molar-refractivity contribution < 1.29 is 0 Å². The van der Waals surface area contributed by atoms with Crippen molar-refractivity contribution >= 4 is 34.2 Å². The fourth-order valence-electron chi connectivity index (χ4n) is 1.73. The molecule has 0 saturated heterocycles. The van der Waals surface area contributed by atoms with Gasteiger partial charge in [0.05, 0.1) is 5.69 Å². The van der Waals surface area contributed by atoms with Crippen LogP contribution in [-0.2, 0) is 5.75 Å². The third-order valence-electron chi connectivity index (χ3n) is 2.90. The number of hydrogen-bond donors (Lipinski definition) is 1. The van der Waals surface area contributed by atoms with Crippen LogP contribution in [0.25, 0.3) is 0 Å². The van der Waals surface area contributed by atoms with Crippen LogP contribution in [0.2, 0.25) is 5.02 Å². The number of thioether (sulfide) groups is 1. The van der Waals surface area contributed by atoms with Gasteiger partial charge in [-0.2, -0.15) is 0 Å². The Labute approximate surface area is 129 Å². The molecule has 0 aliphatic rings. The third kappa shape index (κ3) is 4.29. The average Bonchev–Trinajstić information content (AvgIpc) is 2.42. The van der Waals surface area contributed by atoms with Crippen molar-refractivity contribution in [2.24, 2.45) is 10.7 Å².